The van der Waals surface area contributed by atoms with E-state index in [9.17, 15) is 4.79 Å². The molecule has 3 fully saturated rings. The number of nitrogens with one attached hydrogen (secondary N) is 1. The van der Waals surface area contributed by atoms with E-state index in [2.05, 4.69) is 29.3 Å². The predicted octanol–water partition coefficient (Wildman–Crippen LogP) is 2.35. The number of carbonyl (C=O) groups is 1. The normalized spacial score (nSPS) is 30.8. The smallest absolute Gasteiger partial charge is 0.225 e. The van der Waals surface area contributed by atoms with E-state index in [1.807, 2.05) is 0 Å². The highest BCUT2D eigenvalue weighted by atomic mass is 16.5. The largest absolute Gasteiger partial charge is 0.465 e. The molecular formula is C19H28N2O3. The van der Waals surface area contributed by atoms with Gasteiger partial charge >= 0.3 is 0 Å². The Labute approximate surface area is 143 Å². The quantitative estimate of drug-likeness (QED) is 0.899. The molecule has 4 rings (SSSR count). The van der Waals surface area contributed by atoms with Gasteiger partial charge in [0, 0.05) is 38.1 Å². The molecule has 0 unspecified atom stereocenters. The highest BCUT2D eigenvalue weighted by molar-refractivity contribution is 5.80. The van der Waals surface area contributed by atoms with Gasteiger partial charge < -0.3 is 14.5 Å². The Balaban J connectivity index is 1.43. The second-order valence-corrected chi connectivity index (χ2v) is 7.52. The number of likely N-dealkylation sites (tertiary alicyclic amines) is 1. The maximum atomic E-state index is 12.8. The van der Waals surface area contributed by atoms with Gasteiger partial charge in [0.05, 0.1) is 18.6 Å². The van der Waals surface area contributed by atoms with E-state index in [4.69, 9.17) is 9.15 Å². The van der Waals surface area contributed by atoms with Gasteiger partial charge in [-0.25, -0.2) is 0 Å². The summed E-state index contributed by atoms with van der Waals surface area (Å²) in [4.78, 5) is 15.1. The maximum absolute atomic E-state index is 12.8. The zero-order chi connectivity index (χ0) is 16.5. The van der Waals surface area contributed by atoms with Crippen molar-refractivity contribution < 1.29 is 13.9 Å². The Morgan fingerprint density at radius 2 is 2.08 bits per heavy atom. The van der Waals surface area contributed by atoms with Crippen LogP contribution in [0.15, 0.2) is 16.5 Å². The number of hydrogen-bond acceptors (Lipinski definition) is 4. The first kappa shape index (κ1) is 16.2. The molecule has 5 heteroatoms. The van der Waals surface area contributed by atoms with Crippen LogP contribution in [0.5, 0.6) is 0 Å². The lowest BCUT2D eigenvalue weighted by atomic mass is 9.81. The molecule has 1 aromatic heterocycles. The maximum Gasteiger partial charge on any atom is 0.225 e. The van der Waals surface area contributed by atoms with Gasteiger partial charge in [0.2, 0.25) is 5.91 Å². The van der Waals surface area contributed by atoms with Crippen LogP contribution in [0.2, 0.25) is 0 Å². The Bertz CT molecular complexity index is 581. The average Bonchev–Trinajstić information content (AvgIpc) is 3.18. The second kappa shape index (κ2) is 6.89. The van der Waals surface area contributed by atoms with Crippen LogP contribution in [0.3, 0.4) is 0 Å². The Morgan fingerprint density at radius 1 is 1.25 bits per heavy atom. The first-order valence-corrected chi connectivity index (χ1v) is 9.45. The third-order valence-corrected chi connectivity index (χ3v) is 5.90. The summed E-state index contributed by atoms with van der Waals surface area (Å²) in [5.41, 5.74) is 0. The molecule has 1 amide bonds. The van der Waals surface area contributed by atoms with Gasteiger partial charge in [0.15, 0.2) is 0 Å². The Morgan fingerprint density at radius 3 is 2.79 bits per heavy atom. The van der Waals surface area contributed by atoms with Crippen molar-refractivity contribution >= 4 is 5.91 Å². The van der Waals surface area contributed by atoms with Crippen LogP contribution in [0.4, 0.5) is 0 Å². The van der Waals surface area contributed by atoms with Crippen LogP contribution in [0.25, 0.3) is 0 Å². The van der Waals surface area contributed by atoms with Crippen molar-refractivity contribution in [3.63, 3.8) is 0 Å². The molecule has 0 radical (unpaired) electrons. The molecule has 3 atom stereocenters. The van der Waals surface area contributed by atoms with Gasteiger partial charge in [-0.2, -0.15) is 0 Å². The fraction of sp³-hybridized carbons (Fsp3) is 0.737. The highest BCUT2D eigenvalue weighted by Crippen LogP contribution is 2.35. The second-order valence-electron chi connectivity index (χ2n) is 7.52. The summed E-state index contributed by atoms with van der Waals surface area (Å²) in [6.07, 6.45) is 5.64. The monoisotopic (exact) mass is 332 g/mol. The van der Waals surface area contributed by atoms with Crippen molar-refractivity contribution in [2.24, 2.45) is 11.8 Å². The average molecular weight is 332 g/mol. The van der Waals surface area contributed by atoms with Crippen LogP contribution in [-0.4, -0.2) is 42.6 Å². The van der Waals surface area contributed by atoms with Crippen molar-refractivity contribution in [1.82, 2.24) is 10.2 Å². The molecule has 24 heavy (non-hydrogen) atoms. The first-order chi connectivity index (χ1) is 11.7. The summed E-state index contributed by atoms with van der Waals surface area (Å²) in [6.45, 7) is 5.36. The van der Waals surface area contributed by atoms with E-state index in [0.717, 1.165) is 63.4 Å². The van der Waals surface area contributed by atoms with E-state index < -0.39 is 0 Å². The molecule has 1 N–H and O–H groups in total. The molecule has 0 bridgehead atoms. The fourth-order valence-electron chi connectivity index (χ4n) is 4.24. The SMILES string of the molecule is CCc1ccc(CN2C[C@@H]3OCC[C@@H]3[C@H](C(=O)NC3CCC3)C2)o1. The predicted molar refractivity (Wildman–Crippen MR) is 90.5 cm³/mol. The summed E-state index contributed by atoms with van der Waals surface area (Å²) in [5.74, 6) is 2.67. The van der Waals surface area contributed by atoms with Crippen LogP contribution in [0, 0.1) is 11.8 Å². The molecule has 1 saturated carbocycles. The lowest BCUT2D eigenvalue weighted by molar-refractivity contribution is -0.132. The number of ether oxygens (including phenoxy) is 1. The summed E-state index contributed by atoms with van der Waals surface area (Å²) in [6, 6.07) is 4.52. The first-order valence-electron chi connectivity index (χ1n) is 9.45. The molecule has 5 nitrogen and oxygen atoms in total. The van der Waals surface area contributed by atoms with Gasteiger partial charge in [0.1, 0.15) is 11.5 Å². The molecular weight excluding hydrogens is 304 g/mol. The zero-order valence-electron chi connectivity index (χ0n) is 14.5. The van der Waals surface area contributed by atoms with E-state index in [-0.39, 0.29) is 17.9 Å². The van der Waals surface area contributed by atoms with Crippen LogP contribution >= 0.6 is 0 Å². The minimum absolute atomic E-state index is 0.0486. The summed E-state index contributed by atoms with van der Waals surface area (Å²) >= 11 is 0. The summed E-state index contributed by atoms with van der Waals surface area (Å²) in [7, 11) is 0. The van der Waals surface area contributed by atoms with Gasteiger partial charge in [-0.05, 0) is 37.8 Å². The number of carbonyl (C=O) groups excluding carboxylic acids is 1. The van der Waals surface area contributed by atoms with Crippen molar-refractivity contribution in [3.8, 4) is 0 Å². The number of fused-ring (bicyclic) bond motifs is 1. The standard InChI is InChI=1S/C19H28N2O3/c1-2-14-6-7-15(24-14)10-21-11-17(16-8-9-23-18(16)12-21)19(22)20-13-4-3-5-13/h6-7,13,16-18H,2-5,8-12H2,1H3,(H,20,22)/t16-,17-,18+/m1/s1. The third-order valence-electron chi connectivity index (χ3n) is 5.90. The molecule has 0 spiro atoms. The molecule has 0 aromatic carbocycles. The van der Waals surface area contributed by atoms with Gasteiger partial charge in [-0.15, -0.1) is 0 Å². The van der Waals surface area contributed by atoms with E-state index in [0.29, 0.717) is 12.0 Å². The highest BCUT2D eigenvalue weighted by Gasteiger charge is 2.44. The summed E-state index contributed by atoms with van der Waals surface area (Å²) in [5, 5.41) is 3.25. The minimum atomic E-state index is 0.0486. The molecule has 1 aromatic rings. The van der Waals surface area contributed by atoms with Crippen LogP contribution in [0.1, 0.15) is 44.1 Å². The van der Waals surface area contributed by atoms with Crippen LogP contribution < -0.4 is 5.32 Å². The van der Waals surface area contributed by atoms with Crippen molar-refractivity contribution in [2.45, 2.75) is 57.7 Å². The van der Waals surface area contributed by atoms with Crippen LogP contribution in [-0.2, 0) is 22.5 Å². The number of piperidine rings is 1. The number of aryl methyl sites for hydroxylation is 1. The fourth-order valence-corrected chi connectivity index (χ4v) is 4.24. The lowest BCUT2D eigenvalue weighted by Crippen LogP contribution is -2.54. The van der Waals surface area contributed by atoms with Gasteiger partial charge in [-0.1, -0.05) is 6.92 Å². The zero-order valence-corrected chi connectivity index (χ0v) is 14.5. The molecule has 132 valence electrons. The summed E-state index contributed by atoms with van der Waals surface area (Å²) < 4.78 is 11.8. The molecule has 3 heterocycles. The number of furan rings is 1. The third kappa shape index (κ3) is 3.24. The van der Waals surface area contributed by atoms with Gasteiger partial charge in [-0.3, -0.25) is 9.69 Å². The molecule has 2 aliphatic heterocycles. The van der Waals surface area contributed by atoms with E-state index in [1.165, 1.54) is 6.42 Å². The van der Waals surface area contributed by atoms with Crippen molar-refractivity contribution in [3.05, 3.63) is 23.7 Å². The lowest BCUT2D eigenvalue weighted by Gasteiger charge is -2.40. The van der Waals surface area contributed by atoms with Crippen molar-refractivity contribution in [1.29, 1.82) is 0 Å². The minimum Gasteiger partial charge on any atom is -0.465 e. The van der Waals surface area contributed by atoms with Gasteiger partial charge in [0.25, 0.3) is 0 Å². The van der Waals surface area contributed by atoms with E-state index >= 15 is 0 Å². The van der Waals surface area contributed by atoms with E-state index in [1.54, 1.807) is 0 Å². The molecule has 2 saturated heterocycles. The Hall–Kier alpha value is -1.33. The number of hydrogen-bond donors (Lipinski definition) is 1. The number of amides is 1. The van der Waals surface area contributed by atoms with Crippen molar-refractivity contribution in [2.75, 3.05) is 19.7 Å². The molecule has 1 aliphatic carbocycles. The topological polar surface area (TPSA) is 54.7 Å². The Kier molecular flexibility index (Phi) is 4.63. The number of rotatable bonds is 5. The molecule has 3 aliphatic rings. The number of nitrogens with zero attached hydrogens (tertiary/aromatic N) is 1.